The van der Waals surface area contributed by atoms with Crippen LogP contribution >= 0.6 is 0 Å². The van der Waals surface area contributed by atoms with E-state index >= 15 is 0 Å². The summed E-state index contributed by atoms with van der Waals surface area (Å²) in [6, 6.07) is 3.53. The molecule has 0 aliphatic heterocycles. The average Bonchev–Trinajstić information content (AvgIpc) is 2.15. The van der Waals surface area contributed by atoms with Crippen molar-refractivity contribution in [1.29, 1.82) is 0 Å². The summed E-state index contributed by atoms with van der Waals surface area (Å²) in [6.45, 7) is 0.435. The van der Waals surface area contributed by atoms with Gasteiger partial charge in [0, 0.05) is 25.0 Å². The number of methoxy groups -OCH3 is 1. The zero-order valence-corrected chi connectivity index (χ0v) is 6.90. The summed E-state index contributed by atoms with van der Waals surface area (Å²) in [6.07, 6.45) is 3.27. The van der Waals surface area contributed by atoms with Crippen molar-refractivity contribution in [2.75, 3.05) is 13.7 Å². The van der Waals surface area contributed by atoms with E-state index in [0.717, 1.165) is 5.69 Å². The summed E-state index contributed by atoms with van der Waals surface area (Å²) in [5.74, 6) is 0.557. The SMILES string of the molecule is COc1cc(N=CCN)ccn1. The third kappa shape index (κ3) is 2.32. The zero-order valence-electron chi connectivity index (χ0n) is 6.90. The van der Waals surface area contributed by atoms with Crippen LogP contribution in [0.25, 0.3) is 0 Å². The Hall–Kier alpha value is -1.42. The fourth-order valence-electron chi connectivity index (χ4n) is 0.749. The molecule has 0 atom stereocenters. The Morgan fingerprint density at radius 3 is 3.25 bits per heavy atom. The number of aromatic nitrogens is 1. The summed E-state index contributed by atoms with van der Waals surface area (Å²) in [5.41, 5.74) is 6.05. The van der Waals surface area contributed by atoms with Gasteiger partial charge >= 0.3 is 0 Å². The van der Waals surface area contributed by atoms with Crippen molar-refractivity contribution in [2.24, 2.45) is 10.7 Å². The Morgan fingerprint density at radius 1 is 1.75 bits per heavy atom. The van der Waals surface area contributed by atoms with Gasteiger partial charge in [-0.3, -0.25) is 4.99 Å². The monoisotopic (exact) mass is 165 g/mol. The maximum atomic E-state index is 5.25. The molecule has 0 amide bonds. The summed E-state index contributed by atoms with van der Waals surface area (Å²) in [4.78, 5) is 8.00. The lowest BCUT2D eigenvalue weighted by molar-refractivity contribution is 0.398. The molecule has 1 rings (SSSR count). The molecule has 0 unspecified atom stereocenters. The van der Waals surface area contributed by atoms with Crippen LogP contribution in [0.5, 0.6) is 5.88 Å². The summed E-state index contributed by atoms with van der Waals surface area (Å²) in [5, 5.41) is 0. The fourth-order valence-corrected chi connectivity index (χ4v) is 0.749. The van der Waals surface area contributed by atoms with Crippen molar-refractivity contribution >= 4 is 11.9 Å². The molecule has 0 radical (unpaired) electrons. The number of pyridine rings is 1. The largest absolute Gasteiger partial charge is 0.481 e. The van der Waals surface area contributed by atoms with Gasteiger partial charge in [-0.1, -0.05) is 0 Å². The molecule has 4 heteroatoms. The molecule has 64 valence electrons. The summed E-state index contributed by atoms with van der Waals surface area (Å²) in [7, 11) is 1.57. The predicted molar refractivity (Wildman–Crippen MR) is 48.0 cm³/mol. The minimum Gasteiger partial charge on any atom is -0.481 e. The van der Waals surface area contributed by atoms with E-state index in [2.05, 4.69) is 9.98 Å². The van der Waals surface area contributed by atoms with Gasteiger partial charge < -0.3 is 10.5 Å². The van der Waals surface area contributed by atoms with E-state index < -0.39 is 0 Å². The van der Waals surface area contributed by atoms with Crippen LogP contribution in [0.15, 0.2) is 23.3 Å². The van der Waals surface area contributed by atoms with E-state index in [1.807, 2.05) is 0 Å². The van der Waals surface area contributed by atoms with Crippen LogP contribution in [0.3, 0.4) is 0 Å². The first-order valence-corrected chi connectivity index (χ1v) is 3.59. The molecule has 0 saturated carbocycles. The van der Waals surface area contributed by atoms with Crippen molar-refractivity contribution in [3.63, 3.8) is 0 Å². The van der Waals surface area contributed by atoms with Crippen LogP contribution in [-0.2, 0) is 0 Å². The first-order valence-electron chi connectivity index (χ1n) is 3.59. The summed E-state index contributed by atoms with van der Waals surface area (Å²) >= 11 is 0. The predicted octanol–water partition coefficient (Wildman–Crippen LogP) is 0.751. The van der Waals surface area contributed by atoms with E-state index in [1.165, 1.54) is 0 Å². The molecule has 4 nitrogen and oxygen atoms in total. The molecule has 0 spiro atoms. The number of nitrogens with zero attached hydrogens (tertiary/aromatic N) is 2. The van der Waals surface area contributed by atoms with Gasteiger partial charge in [0.15, 0.2) is 0 Å². The smallest absolute Gasteiger partial charge is 0.215 e. The van der Waals surface area contributed by atoms with Crippen molar-refractivity contribution in [1.82, 2.24) is 4.98 Å². The Kier molecular flexibility index (Phi) is 3.22. The molecule has 1 aromatic rings. The van der Waals surface area contributed by atoms with Crippen LogP contribution in [0.2, 0.25) is 0 Å². The van der Waals surface area contributed by atoms with Gasteiger partial charge in [0.1, 0.15) is 0 Å². The highest BCUT2D eigenvalue weighted by Gasteiger charge is 1.92. The molecule has 0 aliphatic rings. The molecule has 1 aromatic heterocycles. The Balaban J connectivity index is 2.79. The quantitative estimate of drug-likeness (QED) is 0.672. The van der Waals surface area contributed by atoms with Gasteiger partial charge in [0.05, 0.1) is 12.8 Å². The third-order valence-corrected chi connectivity index (χ3v) is 1.27. The number of hydrogen-bond donors (Lipinski definition) is 1. The third-order valence-electron chi connectivity index (χ3n) is 1.27. The first kappa shape index (κ1) is 8.67. The van der Waals surface area contributed by atoms with E-state index in [9.17, 15) is 0 Å². The zero-order chi connectivity index (χ0) is 8.81. The molecule has 12 heavy (non-hydrogen) atoms. The highest BCUT2D eigenvalue weighted by molar-refractivity contribution is 5.64. The van der Waals surface area contributed by atoms with Crippen LogP contribution < -0.4 is 10.5 Å². The highest BCUT2D eigenvalue weighted by Crippen LogP contribution is 2.15. The lowest BCUT2D eigenvalue weighted by Crippen LogP contribution is -1.98. The van der Waals surface area contributed by atoms with Gasteiger partial charge in [-0.05, 0) is 6.07 Å². The van der Waals surface area contributed by atoms with Crippen molar-refractivity contribution < 1.29 is 4.74 Å². The van der Waals surface area contributed by atoms with Crippen LogP contribution in [0.4, 0.5) is 5.69 Å². The molecule has 1 heterocycles. The number of ether oxygens (including phenoxy) is 1. The highest BCUT2D eigenvalue weighted by atomic mass is 16.5. The van der Waals surface area contributed by atoms with E-state index in [4.69, 9.17) is 10.5 Å². The lowest BCUT2D eigenvalue weighted by atomic mass is 10.4. The molecular formula is C8H11N3O. The molecule has 0 saturated heterocycles. The van der Waals surface area contributed by atoms with E-state index in [1.54, 1.807) is 31.7 Å². The van der Waals surface area contributed by atoms with Gasteiger partial charge in [-0.25, -0.2) is 4.98 Å². The maximum absolute atomic E-state index is 5.25. The number of rotatable bonds is 3. The van der Waals surface area contributed by atoms with Gasteiger partial charge in [0.25, 0.3) is 0 Å². The Morgan fingerprint density at radius 2 is 2.58 bits per heavy atom. The van der Waals surface area contributed by atoms with E-state index in [0.29, 0.717) is 12.4 Å². The number of hydrogen-bond acceptors (Lipinski definition) is 4. The van der Waals surface area contributed by atoms with Crippen LogP contribution in [0.1, 0.15) is 0 Å². The lowest BCUT2D eigenvalue weighted by Gasteiger charge is -1.97. The average molecular weight is 165 g/mol. The standard InChI is InChI=1S/C8H11N3O/c1-12-8-6-7(2-4-11-8)10-5-3-9/h2,4-6H,3,9H2,1H3. The molecule has 0 fully saturated rings. The van der Waals surface area contributed by atoms with E-state index in [-0.39, 0.29) is 0 Å². The van der Waals surface area contributed by atoms with Crippen molar-refractivity contribution in [2.45, 2.75) is 0 Å². The normalized spacial score (nSPS) is 10.5. The molecule has 0 bridgehead atoms. The van der Waals surface area contributed by atoms with Gasteiger partial charge in [-0.15, -0.1) is 0 Å². The number of aliphatic imine (C=N–C) groups is 1. The molecule has 0 aliphatic carbocycles. The topological polar surface area (TPSA) is 60.5 Å². The number of nitrogens with two attached hydrogens (primary N) is 1. The second-order valence-electron chi connectivity index (χ2n) is 2.10. The molecular weight excluding hydrogens is 154 g/mol. The Labute approximate surface area is 71.1 Å². The maximum Gasteiger partial charge on any atom is 0.215 e. The van der Waals surface area contributed by atoms with Crippen LogP contribution in [0, 0.1) is 0 Å². The minimum atomic E-state index is 0.435. The second kappa shape index (κ2) is 4.46. The fraction of sp³-hybridized carbons (Fsp3) is 0.250. The molecule has 0 aromatic carbocycles. The Bertz CT molecular complexity index is 273. The van der Waals surface area contributed by atoms with Crippen LogP contribution in [-0.4, -0.2) is 24.9 Å². The first-order chi connectivity index (χ1) is 5.86. The second-order valence-corrected chi connectivity index (χ2v) is 2.10. The van der Waals surface area contributed by atoms with Crippen molar-refractivity contribution in [3.8, 4) is 5.88 Å². The van der Waals surface area contributed by atoms with Gasteiger partial charge in [0.2, 0.25) is 5.88 Å². The van der Waals surface area contributed by atoms with Crippen molar-refractivity contribution in [3.05, 3.63) is 18.3 Å². The molecule has 2 N–H and O–H groups in total. The minimum absolute atomic E-state index is 0.435. The summed E-state index contributed by atoms with van der Waals surface area (Å²) < 4.78 is 4.92. The van der Waals surface area contributed by atoms with Gasteiger partial charge in [-0.2, -0.15) is 0 Å².